The van der Waals surface area contributed by atoms with E-state index in [0.717, 1.165) is 28.1 Å². The molecule has 1 amide bonds. The highest BCUT2D eigenvalue weighted by Gasteiger charge is 2.17. The van der Waals surface area contributed by atoms with Crippen LogP contribution in [0.15, 0.2) is 15.9 Å². The van der Waals surface area contributed by atoms with E-state index in [-0.39, 0.29) is 11.9 Å². The van der Waals surface area contributed by atoms with Gasteiger partial charge in [0.1, 0.15) is 0 Å². The lowest BCUT2D eigenvalue weighted by Crippen LogP contribution is -2.34. The molecule has 2 atom stereocenters. The van der Waals surface area contributed by atoms with E-state index in [1.807, 2.05) is 12.1 Å². The summed E-state index contributed by atoms with van der Waals surface area (Å²) in [6, 6.07) is 4.19. The highest BCUT2D eigenvalue weighted by molar-refractivity contribution is 9.11. The van der Waals surface area contributed by atoms with E-state index < -0.39 is 0 Å². The van der Waals surface area contributed by atoms with Crippen molar-refractivity contribution in [2.75, 3.05) is 6.61 Å². The fourth-order valence-corrected chi connectivity index (χ4v) is 3.79. The van der Waals surface area contributed by atoms with Crippen molar-refractivity contribution in [3.05, 3.63) is 20.8 Å². The number of amides is 1. The monoisotopic (exact) mass is 345 g/mol. The Bertz CT molecular complexity index is 415. The molecule has 106 valence electrons. The highest BCUT2D eigenvalue weighted by atomic mass is 79.9. The van der Waals surface area contributed by atoms with Gasteiger partial charge in [0, 0.05) is 17.5 Å². The van der Waals surface area contributed by atoms with Gasteiger partial charge in [-0.05, 0) is 60.7 Å². The largest absolute Gasteiger partial charge is 0.378 e. The van der Waals surface area contributed by atoms with Crippen LogP contribution >= 0.6 is 27.3 Å². The molecule has 1 aromatic rings. The minimum atomic E-state index is 0.106. The molecule has 0 bridgehead atoms. The Hall–Kier alpha value is -0.390. The van der Waals surface area contributed by atoms with Gasteiger partial charge in [-0.25, -0.2) is 0 Å². The first-order chi connectivity index (χ1) is 9.13. The Morgan fingerprint density at radius 1 is 1.63 bits per heavy atom. The van der Waals surface area contributed by atoms with Gasteiger partial charge in [0.15, 0.2) is 0 Å². The van der Waals surface area contributed by atoms with E-state index in [1.165, 1.54) is 12.8 Å². The number of thiophene rings is 1. The predicted octanol–water partition coefficient (Wildman–Crippen LogP) is 3.52. The fourth-order valence-electron chi connectivity index (χ4n) is 2.31. The number of carbonyl (C=O) groups excluding carboxylic acids is 1. The molecule has 0 radical (unpaired) electrons. The van der Waals surface area contributed by atoms with Crippen molar-refractivity contribution in [1.82, 2.24) is 5.32 Å². The second kappa shape index (κ2) is 7.41. The molecule has 1 aliphatic rings. The maximum absolute atomic E-state index is 11.9. The van der Waals surface area contributed by atoms with E-state index >= 15 is 0 Å². The van der Waals surface area contributed by atoms with E-state index in [2.05, 4.69) is 28.2 Å². The lowest BCUT2D eigenvalue weighted by molar-refractivity contribution is -0.121. The Morgan fingerprint density at radius 3 is 3.11 bits per heavy atom. The van der Waals surface area contributed by atoms with Gasteiger partial charge in [-0.3, -0.25) is 4.79 Å². The van der Waals surface area contributed by atoms with Gasteiger partial charge in [-0.15, -0.1) is 11.3 Å². The van der Waals surface area contributed by atoms with E-state index in [1.54, 1.807) is 11.3 Å². The Morgan fingerprint density at radius 2 is 2.47 bits per heavy atom. The van der Waals surface area contributed by atoms with E-state index in [4.69, 9.17) is 4.74 Å². The second-order valence-corrected chi connectivity index (χ2v) is 7.61. The highest BCUT2D eigenvalue weighted by Crippen LogP contribution is 2.22. The topological polar surface area (TPSA) is 38.3 Å². The number of halogens is 1. The molecule has 0 spiro atoms. The molecule has 19 heavy (non-hydrogen) atoms. The molecule has 1 N–H and O–H groups in total. The van der Waals surface area contributed by atoms with Gasteiger partial charge < -0.3 is 10.1 Å². The first-order valence-electron chi connectivity index (χ1n) is 6.78. The lowest BCUT2D eigenvalue weighted by Gasteiger charge is -2.16. The third kappa shape index (κ3) is 5.24. The van der Waals surface area contributed by atoms with Crippen LogP contribution in [0.4, 0.5) is 0 Å². The maximum Gasteiger partial charge on any atom is 0.225 e. The number of nitrogens with one attached hydrogen (secondary N) is 1. The van der Waals surface area contributed by atoms with Crippen molar-refractivity contribution < 1.29 is 9.53 Å². The Labute approximate surface area is 126 Å². The molecule has 0 aliphatic carbocycles. The summed E-state index contributed by atoms with van der Waals surface area (Å²) in [6.07, 6.45) is 5.27. The van der Waals surface area contributed by atoms with Crippen LogP contribution in [0, 0.1) is 0 Å². The van der Waals surface area contributed by atoms with Gasteiger partial charge in [0.25, 0.3) is 0 Å². The van der Waals surface area contributed by atoms with E-state index in [0.29, 0.717) is 12.5 Å². The van der Waals surface area contributed by atoms with Gasteiger partial charge in [0.05, 0.1) is 16.3 Å². The number of hydrogen-bond acceptors (Lipinski definition) is 3. The smallest absolute Gasteiger partial charge is 0.225 e. The summed E-state index contributed by atoms with van der Waals surface area (Å²) >= 11 is 5.02. The summed E-state index contributed by atoms with van der Waals surface area (Å²) in [4.78, 5) is 13.0. The molecule has 3 nitrogen and oxygen atoms in total. The fraction of sp³-hybridized carbons (Fsp3) is 0.643. The third-order valence-electron chi connectivity index (χ3n) is 3.32. The summed E-state index contributed by atoms with van der Waals surface area (Å²) in [7, 11) is 0. The molecule has 1 saturated heterocycles. The van der Waals surface area contributed by atoms with Gasteiger partial charge >= 0.3 is 0 Å². The first-order valence-corrected chi connectivity index (χ1v) is 8.39. The van der Waals surface area contributed by atoms with Crippen LogP contribution in [-0.4, -0.2) is 24.7 Å². The molecular formula is C14H20BrNO2S. The molecule has 0 unspecified atom stereocenters. The van der Waals surface area contributed by atoms with Crippen LogP contribution in [-0.2, 0) is 16.0 Å². The summed E-state index contributed by atoms with van der Waals surface area (Å²) in [5, 5.41) is 3.06. The standard InChI is InChI=1S/C14H20BrNO2S/c1-10(4-5-11-3-2-8-18-11)16-14(17)9-12-6-7-13(15)19-12/h6-7,10-11H,2-5,8-9H2,1H3,(H,16,17)/t10-,11+/m0/s1. The SMILES string of the molecule is C[C@@H](CC[C@H]1CCCO1)NC(=O)Cc1ccc(Br)s1. The molecule has 0 aromatic carbocycles. The van der Waals surface area contributed by atoms with Crippen LogP contribution in [0.3, 0.4) is 0 Å². The molecular weight excluding hydrogens is 326 g/mol. The minimum absolute atomic E-state index is 0.106. The van der Waals surface area contributed by atoms with Gasteiger partial charge in [-0.1, -0.05) is 0 Å². The zero-order valence-corrected chi connectivity index (χ0v) is 13.6. The molecule has 1 fully saturated rings. The van der Waals surface area contributed by atoms with Crippen molar-refractivity contribution in [3.63, 3.8) is 0 Å². The second-order valence-electron chi connectivity index (χ2n) is 5.06. The average Bonchev–Trinajstić information content (AvgIpc) is 2.98. The number of ether oxygens (including phenoxy) is 1. The zero-order chi connectivity index (χ0) is 13.7. The Balaban J connectivity index is 1.66. The molecule has 5 heteroatoms. The van der Waals surface area contributed by atoms with Gasteiger partial charge in [-0.2, -0.15) is 0 Å². The quantitative estimate of drug-likeness (QED) is 0.856. The van der Waals surface area contributed by atoms with Crippen LogP contribution in [0.25, 0.3) is 0 Å². The van der Waals surface area contributed by atoms with Crippen LogP contribution < -0.4 is 5.32 Å². The molecule has 2 rings (SSSR count). The van der Waals surface area contributed by atoms with Crippen molar-refractivity contribution in [2.24, 2.45) is 0 Å². The van der Waals surface area contributed by atoms with Crippen LogP contribution in [0.1, 0.15) is 37.5 Å². The summed E-state index contributed by atoms with van der Waals surface area (Å²) in [5.41, 5.74) is 0. The summed E-state index contributed by atoms with van der Waals surface area (Å²) in [6.45, 7) is 2.97. The first kappa shape index (κ1) is 15.0. The van der Waals surface area contributed by atoms with Crippen molar-refractivity contribution >= 4 is 33.2 Å². The minimum Gasteiger partial charge on any atom is -0.378 e. The predicted molar refractivity (Wildman–Crippen MR) is 81.5 cm³/mol. The van der Waals surface area contributed by atoms with Gasteiger partial charge in [0.2, 0.25) is 5.91 Å². The van der Waals surface area contributed by atoms with E-state index in [9.17, 15) is 4.79 Å². The van der Waals surface area contributed by atoms with Crippen molar-refractivity contribution in [3.8, 4) is 0 Å². The zero-order valence-electron chi connectivity index (χ0n) is 11.2. The number of carbonyl (C=O) groups is 1. The van der Waals surface area contributed by atoms with Crippen molar-refractivity contribution in [1.29, 1.82) is 0 Å². The summed E-state index contributed by atoms with van der Waals surface area (Å²) in [5.74, 6) is 0.106. The number of hydrogen-bond donors (Lipinski definition) is 1. The van der Waals surface area contributed by atoms with Crippen LogP contribution in [0.2, 0.25) is 0 Å². The maximum atomic E-state index is 11.9. The normalized spacial score (nSPS) is 20.4. The Kier molecular flexibility index (Phi) is 5.85. The average molecular weight is 346 g/mol. The lowest BCUT2D eigenvalue weighted by atomic mass is 10.1. The molecule has 0 saturated carbocycles. The number of rotatable bonds is 6. The molecule has 1 aliphatic heterocycles. The molecule has 2 heterocycles. The van der Waals surface area contributed by atoms with Crippen LogP contribution in [0.5, 0.6) is 0 Å². The third-order valence-corrected chi connectivity index (χ3v) is 4.94. The summed E-state index contributed by atoms with van der Waals surface area (Å²) < 4.78 is 6.66. The molecule has 1 aromatic heterocycles. The van der Waals surface area contributed by atoms with Crippen molar-refractivity contribution in [2.45, 2.75) is 51.2 Å².